The third kappa shape index (κ3) is 2.59. The lowest BCUT2D eigenvalue weighted by Gasteiger charge is -2.26. The van der Waals surface area contributed by atoms with Crippen molar-refractivity contribution in [1.82, 2.24) is 19.6 Å². The molecule has 3 rings (SSSR count). The number of hydrogen-bond acceptors (Lipinski definition) is 6. The van der Waals surface area contributed by atoms with Crippen molar-refractivity contribution in [3.8, 4) is 0 Å². The van der Waals surface area contributed by atoms with Crippen LogP contribution < -0.4 is 4.90 Å². The van der Waals surface area contributed by atoms with Crippen molar-refractivity contribution in [2.24, 2.45) is 0 Å². The predicted octanol–water partition coefficient (Wildman–Crippen LogP) is 0.371. The molecule has 0 saturated carbocycles. The number of nitrogens with zero attached hydrogens (tertiary/aromatic N) is 5. The highest BCUT2D eigenvalue weighted by Crippen LogP contribution is 2.27. The Morgan fingerprint density at radius 2 is 2.25 bits per heavy atom. The van der Waals surface area contributed by atoms with Crippen molar-refractivity contribution in [3.63, 3.8) is 0 Å². The molecule has 1 N–H and O–H groups in total. The van der Waals surface area contributed by atoms with Crippen LogP contribution in [0.4, 0.5) is 5.82 Å². The summed E-state index contributed by atoms with van der Waals surface area (Å²) in [5.41, 5.74) is 0. The van der Waals surface area contributed by atoms with Gasteiger partial charge in [0.1, 0.15) is 12.1 Å². The van der Waals surface area contributed by atoms with Crippen molar-refractivity contribution < 1.29 is 13.0 Å². The van der Waals surface area contributed by atoms with E-state index in [-0.39, 0.29) is 11.8 Å². The molecule has 1 aliphatic heterocycles. The number of fused-ring (bicyclic) bond motifs is 1. The van der Waals surface area contributed by atoms with Gasteiger partial charge in [-0.2, -0.15) is 23.0 Å². The minimum atomic E-state index is -3.92. The Kier molecular flexibility index (Phi) is 3.30. The third-order valence-corrected chi connectivity index (χ3v) is 4.29. The molecule has 1 fully saturated rings. The van der Waals surface area contributed by atoms with Gasteiger partial charge in [-0.25, -0.2) is 4.98 Å². The minimum absolute atomic E-state index is 0.0757. The van der Waals surface area contributed by atoms with Crippen molar-refractivity contribution in [1.29, 1.82) is 0 Å². The number of aromatic nitrogens is 4. The van der Waals surface area contributed by atoms with Gasteiger partial charge in [-0.05, 0) is 25.3 Å². The van der Waals surface area contributed by atoms with E-state index < -0.39 is 10.1 Å². The Bertz CT molecular complexity index is 714. The molecule has 2 aromatic rings. The molecule has 0 radical (unpaired) electrons. The summed E-state index contributed by atoms with van der Waals surface area (Å²) in [6.45, 7) is 0.828. The molecule has 1 unspecified atom stereocenters. The molecule has 8 nitrogen and oxygen atoms in total. The predicted molar refractivity (Wildman–Crippen MR) is 72.2 cm³/mol. The zero-order valence-electron chi connectivity index (χ0n) is 10.8. The van der Waals surface area contributed by atoms with Gasteiger partial charge in [0, 0.05) is 18.8 Å². The van der Waals surface area contributed by atoms with E-state index in [4.69, 9.17) is 4.55 Å². The summed E-state index contributed by atoms with van der Waals surface area (Å²) < 4.78 is 32.3. The maximum absolute atomic E-state index is 10.9. The van der Waals surface area contributed by atoms with Crippen LogP contribution in [0.25, 0.3) is 5.78 Å². The van der Waals surface area contributed by atoms with Crippen LogP contribution in [0.2, 0.25) is 0 Å². The zero-order valence-corrected chi connectivity index (χ0v) is 11.6. The fraction of sp³-hybridized carbons (Fsp3) is 0.545. The van der Waals surface area contributed by atoms with Gasteiger partial charge in [-0.3, -0.25) is 4.55 Å². The summed E-state index contributed by atoms with van der Waals surface area (Å²) in [6, 6.07) is 1.92. The van der Waals surface area contributed by atoms with Gasteiger partial charge in [-0.15, -0.1) is 0 Å². The van der Waals surface area contributed by atoms with E-state index in [0.717, 1.165) is 25.2 Å². The summed E-state index contributed by atoms with van der Waals surface area (Å²) >= 11 is 0. The second-order valence-electron chi connectivity index (χ2n) is 4.84. The Balaban J connectivity index is 1.86. The molecule has 0 spiro atoms. The topological polar surface area (TPSA) is 101 Å². The van der Waals surface area contributed by atoms with E-state index in [1.807, 2.05) is 6.07 Å². The summed E-state index contributed by atoms with van der Waals surface area (Å²) in [6.07, 6.45) is 5.38. The van der Waals surface area contributed by atoms with E-state index in [2.05, 4.69) is 20.0 Å². The second-order valence-corrected chi connectivity index (χ2v) is 6.41. The lowest BCUT2D eigenvalue weighted by Crippen LogP contribution is -2.32. The highest BCUT2D eigenvalue weighted by atomic mass is 32.2. The van der Waals surface area contributed by atoms with Gasteiger partial charge >= 0.3 is 0 Å². The van der Waals surface area contributed by atoms with E-state index in [1.165, 1.54) is 6.33 Å². The molecule has 9 heteroatoms. The van der Waals surface area contributed by atoms with E-state index in [1.54, 1.807) is 10.7 Å². The first-order valence-corrected chi connectivity index (χ1v) is 8.02. The molecule has 1 aliphatic rings. The molecule has 0 aromatic carbocycles. The SMILES string of the molecule is O=S(=O)(O)CCC1CCCN1c1ccnc2ncnn12. The highest BCUT2D eigenvalue weighted by molar-refractivity contribution is 7.85. The van der Waals surface area contributed by atoms with Gasteiger partial charge in [0.2, 0.25) is 0 Å². The Morgan fingerprint density at radius 3 is 3.05 bits per heavy atom. The van der Waals surface area contributed by atoms with Crippen LogP contribution in [-0.4, -0.2) is 50.9 Å². The fourth-order valence-corrected chi connectivity index (χ4v) is 3.24. The number of rotatable bonds is 4. The van der Waals surface area contributed by atoms with Gasteiger partial charge < -0.3 is 4.90 Å². The maximum atomic E-state index is 10.9. The molecule has 2 aromatic heterocycles. The third-order valence-electron chi connectivity index (χ3n) is 3.54. The molecule has 20 heavy (non-hydrogen) atoms. The van der Waals surface area contributed by atoms with Crippen LogP contribution >= 0.6 is 0 Å². The summed E-state index contributed by atoms with van der Waals surface area (Å²) in [4.78, 5) is 10.3. The monoisotopic (exact) mass is 297 g/mol. The van der Waals surface area contributed by atoms with E-state index in [0.29, 0.717) is 12.2 Å². The zero-order chi connectivity index (χ0) is 14.2. The van der Waals surface area contributed by atoms with Crippen molar-refractivity contribution >= 4 is 21.7 Å². The molecular formula is C11H15N5O3S. The Hall–Kier alpha value is -1.74. The average molecular weight is 297 g/mol. The van der Waals surface area contributed by atoms with Gasteiger partial charge in [-0.1, -0.05) is 0 Å². The summed E-state index contributed by atoms with van der Waals surface area (Å²) in [7, 11) is -3.92. The van der Waals surface area contributed by atoms with Crippen molar-refractivity contribution in [2.45, 2.75) is 25.3 Å². The van der Waals surface area contributed by atoms with Crippen LogP contribution in [0.15, 0.2) is 18.6 Å². The van der Waals surface area contributed by atoms with Crippen LogP contribution in [0.5, 0.6) is 0 Å². The highest BCUT2D eigenvalue weighted by Gasteiger charge is 2.27. The Morgan fingerprint density at radius 1 is 1.40 bits per heavy atom. The van der Waals surface area contributed by atoms with Gasteiger partial charge in [0.25, 0.3) is 15.9 Å². The normalized spacial score (nSPS) is 19.9. The average Bonchev–Trinajstić information content (AvgIpc) is 3.03. The number of hydrogen-bond donors (Lipinski definition) is 1. The lowest BCUT2D eigenvalue weighted by atomic mass is 10.2. The van der Waals surface area contributed by atoms with Gasteiger partial charge in [0.05, 0.1) is 5.75 Å². The molecular weight excluding hydrogens is 282 g/mol. The van der Waals surface area contributed by atoms with Crippen molar-refractivity contribution in [3.05, 3.63) is 18.6 Å². The van der Waals surface area contributed by atoms with Crippen LogP contribution in [0.1, 0.15) is 19.3 Å². The number of anilines is 1. The molecule has 1 saturated heterocycles. The minimum Gasteiger partial charge on any atom is -0.353 e. The molecule has 3 heterocycles. The first-order chi connectivity index (χ1) is 9.54. The quantitative estimate of drug-likeness (QED) is 0.814. The van der Waals surface area contributed by atoms with Crippen LogP contribution in [-0.2, 0) is 10.1 Å². The van der Waals surface area contributed by atoms with Gasteiger partial charge in [0.15, 0.2) is 0 Å². The molecule has 0 bridgehead atoms. The van der Waals surface area contributed by atoms with Crippen LogP contribution in [0.3, 0.4) is 0 Å². The smallest absolute Gasteiger partial charge is 0.264 e. The first kappa shape index (κ1) is 13.3. The molecule has 0 aliphatic carbocycles. The fourth-order valence-electron chi connectivity index (χ4n) is 2.67. The first-order valence-electron chi connectivity index (χ1n) is 6.41. The standard InChI is InChI=1S/C11H15N5O3S/c17-20(18,19)7-4-9-2-1-6-15(9)10-3-5-12-11-13-8-14-16(10)11/h3,5,8-9H,1-2,4,6-7H2,(H,17,18,19). The largest absolute Gasteiger partial charge is 0.353 e. The summed E-state index contributed by atoms with van der Waals surface area (Å²) in [5, 5.41) is 4.14. The maximum Gasteiger partial charge on any atom is 0.264 e. The molecule has 108 valence electrons. The van der Waals surface area contributed by atoms with E-state index >= 15 is 0 Å². The Labute approximate surface area is 116 Å². The second kappa shape index (κ2) is 4.98. The van der Waals surface area contributed by atoms with Crippen LogP contribution in [0, 0.1) is 0 Å². The molecule has 1 atom stereocenters. The summed E-state index contributed by atoms with van der Waals surface area (Å²) in [5.74, 6) is 1.15. The van der Waals surface area contributed by atoms with Crippen molar-refractivity contribution in [2.75, 3.05) is 17.2 Å². The lowest BCUT2D eigenvalue weighted by molar-refractivity contribution is 0.476. The molecule has 0 amide bonds. The van der Waals surface area contributed by atoms with E-state index in [9.17, 15) is 8.42 Å².